The number of rotatable bonds is 2. The van der Waals surface area contributed by atoms with Crippen LogP contribution in [0.2, 0.25) is 0 Å². The molecule has 3 rings (SSSR count). The number of nitrogens with zero attached hydrogens (tertiary/aromatic N) is 2. The molecule has 0 spiro atoms. The van der Waals surface area contributed by atoms with Crippen molar-refractivity contribution in [3.8, 4) is 0 Å². The zero-order chi connectivity index (χ0) is 11.7. The molecule has 0 aromatic carbocycles. The summed E-state index contributed by atoms with van der Waals surface area (Å²) < 4.78 is 2.36. The largest absolute Gasteiger partial charge is 0.325 e. The monoisotopic (exact) mass is 233 g/mol. The first-order valence-corrected chi connectivity index (χ1v) is 7.19. The first-order chi connectivity index (χ1) is 8.40. The average molecular weight is 233 g/mol. The minimum atomic E-state index is 0.613. The van der Waals surface area contributed by atoms with Crippen LogP contribution in [0.15, 0.2) is 0 Å². The van der Waals surface area contributed by atoms with Crippen molar-refractivity contribution in [2.45, 2.75) is 70.4 Å². The van der Waals surface area contributed by atoms with Crippen LogP contribution >= 0.6 is 0 Å². The summed E-state index contributed by atoms with van der Waals surface area (Å²) in [5.74, 6) is 0. The predicted molar refractivity (Wildman–Crippen MR) is 68.9 cm³/mol. The standard InChI is InChI=1S/C14H23N3/c15-10-13-12-8-5-9-14(12)17(16-13)11-6-3-1-2-4-7-11/h11H,1-10,15H2. The Kier molecular flexibility index (Phi) is 3.19. The van der Waals surface area contributed by atoms with E-state index in [1.807, 2.05) is 0 Å². The van der Waals surface area contributed by atoms with Gasteiger partial charge in [-0.25, -0.2) is 0 Å². The number of fused-ring (bicyclic) bond motifs is 1. The van der Waals surface area contributed by atoms with Crippen LogP contribution in [0.3, 0.4) is 0 Å². The number of hydrogen-bond acceptors (Lipinski definition) is 2. The molecular weight excluding hydrogens is 210 g/mol. The van der Waals surface area contributed by atoms with Gasteiger partial charge in [0.2, 0.25) is 0 Å². The molecule has 1 fully saturated rings. The van der Waals surface area contributed by atoms with Gasteiger partial charge in [0.05, 0.1) is 11.7 Å². The Bertz CT molecular complexity index is 386. The fourth-order valence-electron chi connectivity index (χ4n) is 3.51. The molecule has 1 aromatic rings. The van der Waals surface area contributed by atoms with Gasteiger partial charge < -0.3 is 5.73 Å². The van der Waals surface area contributed by atoms with E-state index in [2.05, 4.69) is 4.68 Å². The van der Waals surface area contributed by atoms with Crippen molar-refractivity contribution in [3.63, 3.8) is 0 Å². The van der Waals surface area contributed by atoms with Gasteiger partial charge in [-0.15, -0.1) is 0 Å². The van der Waals surface area contributed by atoms with E-state index in [0.717, 1.165) is 0 Å². The molecule has 0 atom stereocenters. The van der Waals surface area contributed by atoms with Gasteiger partial charge in [0.25, 0.3) is 0 Å². The maximum absolute atomic E-state index is 5.82. The molecule has 2 N–H and O–H groups in total. The minimum Gasteiger partial charge on any atom is -0.325 e. The highest BCUT2D eigenvalue weighted by Gasteiger charge is 2.25. The first kappa shape index (κ1) is 11.3. The van der Waals surface area contributed by atoms with Gasteiger partial charge >= 0.3 is 0 Å². The molecule has 0 amide bonds. The van der Waals surface area contributed by atoms with Crippen molar-refractivity contribution in [2.75, 3.05) is 0 Å². The molecule has 3 nitrogen and oxygen atoms in total. The van der Waals surface area contributed by atoms with Crippen LogP contribution in [0.1, 0.15) is 67.9 Å². The summed E-state index contributed by atoms with van der Waals surface area (Å²) in [5, 5.41) is 4.81. The highest BCUT2D eigenvalue weighted by atomic mass is 15.3. The van der Waals surface area contributed by atoms with Crippen molar-refractivity contribution in [3.05, 3.63) is 17.0 Å². The highest BCUT2D eigenvalue weighted by Crippen LogP contribution is 2.33. The Morgan fingerprint density at radius 1 is 1.06 bits per heavy atom. The van der Waals surface area contributed by atoms with E-state index in [9.17, 15) is 0 Å². The van der Waals surface area contributed by atoms with Crippen molar-refractivity contribution in [1.82, 2.24) is 9.78 Å². The molecule has 2 aliphatic carbocycles. The molecular formula is C14H23N3. The maximum atomic E-state index is 5.82. The van der Waals surface area contributed by atoms with Gasteiger partial charge in [0.15, 0.2) is 0 Å². The van der Waals surface area contributed by atoms with Crippen molar-refractivity contribution >= 4 is 0 Å². The van der Waals surface area contributed by atoms with Crippen molar-refractivity contribution in [2.24, 2.45) is 5.73 Å². The van der Waals surface area contributed by atoms with E-state index in [4.69, 9.17) is 10.8 Å². The summed E-state index contributed by atoms with van der Waals surface area (Å²) in [6, 6.07) is 0.657. The molecule has 17 heavy (non-hydrogen) atoms. The van der Waals surface area contributed by atoms with Gasteiger partial charge in [-0.05, 0) is 37.7 Å². The Morgan fingerprint density at radius 3 is 2.53 bits per heavy atom. The van der Waals surface area contributed by atoms with Crippen molar-refractivity contribution < 1.29 is 0 Å². The topological polar surface area (TPSA) is 43.8 Å². The van der Waals surface area contributed by atoms with E-state index in [1.54, 1.807) is 0 Å². The van der Waals surface area contributed by atoms with E-state index in [-0.39, 0.29) is 0 Å². The Morgan fingerprint density at radius 2 is 1.82 bits per heavy atom. The third-order valence-corrected chi connectivity index (χ3v) is 4.41. The molecule has 0 bridgehead atoms. The summed E-state index contributed by atoms with van der Waals surface area (Å²) in [4.78, 5) is 0. The third-order valence-electron chi connectivity index (χ3n) is 4.41. The van der Waals surface area contributed by atoms with Crippen LogP contribution in [-0.2, 0) is 19.4 Å². The molecule has 0 saturated heterocycles. The van der Waals surface area contributed by atoms with Crippen LogP contribution < -0.4 is 5.73 Å². The molecule has 94 valence electrons. The normalized spacial score (nSPS) is 21.5. The molecule has 1 saturated carbocycles. The van der Waals surface area contributed by atoms with E-state index in [1.165, 1.54) is 74.7 Å². The number of hydrogen-bond donors (Lipinski definition) is 1. The van der Waals surface area contributed by atoms with Gasteiger partial charge in [-0.1, -0.05) is 25.7 Å². The Hall–Kier alpha value is -0.830. The van der Waals surface area contributed by atoms with Crippen LogP contribution in [0.25, 0.3) is 0 Å². The highest BCUT2D eigenvalue weighted by molar-refractivity contribution is 5.31. The summed E-state index contributed by atoms with van der Waals surface area (Å²) in [6.07, 6.45) is 11.9. The van der Waals surface area contributed by atoms with Gasteiger partial charge in [0, 0.05) is 12.2 Å². The lowest BCUT2D eigenvalue weighted by Gasteiger charge is -2.17. The lowest BCUT2D eigenvalue weighted by atomic mass is 10.1. The molecule has 1 heterocycles. The second-order valence-electron chi connectivity index (χ2n) is 5.52. The SMILES string of the molecule is NCc1nn(C2CCCCCC2)c2c1CCC2. The molecule has 2 aliphatic rings. The summed E-state index contributed by atoms with van der Waals surface area (Å²) in [7, 11) is 0. The Labute approximate surface area is 103 Å². The van der Waals surface area contributed by atoms with Crippen LogP contribution in [0.4, 0.5) is 0 Å². The van der Waals surface area contributed by atoms with E-state index in [0.29, 0.717) is 12.6 Å². The summed E-state index contributed by atoms with van der Waals surface area (Å²) in [6.45, 7) is 0.613. The zero-order valence-corrected chi connectivity index (χ0v) is 10.6. The molecule has 3 heteroatoms. The van der Waals surface area contributed by atoms with Crippen LogP contribution in [0, 0.1) is 0 Å². The van der Waals surface area contributed by atoms with Crippen LogP contribution in [0.5, 0.6) is 0 Å². The van der Waals surface area contributed by atoms with Crippen molar-refractivity contribution in [1.29, 1.82) is 0 Å². The average Bonchev–Trinajstić information content (AvgIpc) is 2.83. The predicted octanol–water partition coefficient (Wildman–Crippen LogP) is 2.73. The Balaban J connectivity index is 1.91. The van der Waals surface area contributed by atoms with Gasteiger partial charge in [-0.3, -0.25) is 4.68 Å². The maximum Gasteiger partial charge on any atom is 0.0795 e. The number of nitrogens with two attached hydrogens (primary N) is 1. The first-order valence-electron chi connectivity index (χ1n) is 7.19. The summed E-state index contributed by atoms with van der Waals surface area (Å²) in [5.41, 5.74) is 9.98. The number of aromatic nitrogens is 2. The molecule has 0 radical (unpaired) electrons. The van der Waals surface area contributed by atoms with Gasteiger partial charge in [-0.2, -0.15) is 5.10 Å². The minimum absolute atomic E-state index is 0.613. The zero-order valence-electron chi connectivity index (χ0n) is 10.6. The smallest absolute Gasteiger partial charge is 0.0795 e. The second kappa shape index (κ2) is 4.81. The third kappa shape index (κ3) is 2.01. The summed E-state index contributed by atoms with van der Waals surface area (Å²) >= 11 is 0. The quantitative estimate of drug-likeness (QED) is 0.798. The second-order valence-corrected chi connectivity index (χ2v) is 5.52. The molecule has 1 aromatic heterocycles. The van der Waals surface area contributed by atoms with Crippen LogP contribution in [-0.4, -0.2) is 9.78 Å². The van der Waals surface area contributed by atoms with E-state index < -0.39 is 0 Å². The fraction of sp³-hybridized carbons (Fsp3) is 0.786. The van der Waals surface area contributed by atoms with E-state index >= 15 is 0 Å². The fourth-order valence-corrected chi connectivity index (χ4v) is 3.51. The lowest BCUT2D eigenvalue weighted by molar-refractivity contribution is 0.391. The molecule has 0 unspecified atom stereocenters. The lowest BCUT2D eigenvalue weighted by Crippen LogP contribution is -2.13. The van der Waals surface area contributed by atoms with Gasteiger partial charge in [0.1, 0.15) is 0 Å². The molecule has 0 aliphatic heterocycles.